The van der Waals surface area contributed by atoms with Crippen LogP contribution in [0.5, 0.6) is 5.75 Å². The molecule has 0 saturated carbocycles. The first-order valence-corrected chi connectivity index (χ1v) is 11.4. The molecule has 2 aromatic carbocycles. The highest BCUT2D eigenvalue weighted by molar-refractivity contribution is 9.10. The topological polar surface area (TPSA) is 110 Å². The average molecular weight is 529 g/mol. The molecule has 3 aromatic rings. The molecule has 1 amide bonds. The minimum atomic E-state index is -0.376. The highest BCUT2D eigenvalue weighted by atomic mass is 79.9. The summed E-state index contributed by atoms with van der Waals surface area (Å²) in [5.41, 5.74) is 5.09. The number of nitrogens with one attached hydrogen (secondary N) is 3. The number of halogens is 1. The molecular weight excluding hydrogens is 504 g/mol. The standard InChI is InChI=1S/C23H25BrN6O4/c1-32-20-13-15(30-9-11-34-12-10-30)7-8-19(20)27-23-25-14-17(24)21(28-23)26-18-6-4-3-5-16(18)22(31)29-33-2/h3-8,13-14H,9-12H2,1-2H3,(H,29,31)(H2,25,26,27,28). The van der Waals surface area contributed by atoms with E-state index in [1.807, 2.05) is 24.3 Å². The van der Waals surface area contributed by atoms with Crippen molar-refractivity contribution >= 4 is 50.7 Å². The van der Waals surface area contributed by atoms with Crippen molar-refractivity contribution in [1.29, 1.82) is 0 Å². The van der Waals surface area contributed by atoms with Gasteiger partial charge in [0.05, 0.1) is 48.8 Å². The number of rotatable bonds is 8. The van der Waals surface area contributed by atoms with Crippen LogP contribution in [0.1, 0.15) is 10.4 Å². The van der Waals surface area contributed by atoms with Crippen LogP contribution in [-0.4, -0.2) is 56.4 Å². The van der Waals surface area contributed by atoms with Crippen LogP contribution in [0.3, 0.4) is 0 Å². The van der Waals surface area contributed by atoms with Gasteiger partial charge in [-0.25, -0.2) is 10.5 Å². The van der Waals surface area contributed by atoms with Crippen molar-refractivity contribution in [3.63, 3.8) is 0 Å². The third-order valence-electron chi connectivity index (χ3n) is 5.17. The van der Waals surface area contributed by atoms with Crippen LogP contribution in [0.25, 0.3) is 0 Å². The van der Waals surface area contributed by atoms with E-state index in [2.05, 4.69) is 46.9 Å². The molecule has 11 heteroatoms. The fourth-order valence-corrected chi connectivity index (χ4v) is 3.79. The molecule has 0 atom stereocenters. The number of aromatic nitrogens is 2. The van der Waals surface area contributed by atoms with Gasteiger partial charge in [-0.3, -0.25) is 9.63 Å². The van der Waals surface area contributed by atoms with Crippen LogP contribution in [-0.2, 0) is 9.57 Å². The fourth-order valence-electron chi connectivity index (χ4n) is 3.50. The number of morpholine rings is 1. The fraction of sp³-hybridized carbons (Fsp3) is 0.261. The van der Waals surface area contributed by atoms with Crippen LogP contribution in [0.2, 0.25) is 0 Å². The number of carbonyl (C=O) groups is 1. The van der Waals surface area contributed by atoms with Gasteiger partial charge in [0.2, 0.25) is 5.95 Å². The first-order valence-electron chi connectivity index (χ1n) is 10.6. The predicted molar refractivity (Wildman–Crippen MR) is 133 cm³/mol. The lowest BCUT2D eigenvalue weighted by atomic mass is 10.1. The molecular formula is C23H25BrN6O4. The number of hydrogen-bond donors (Lipinski definition) is 3. The van der Waals surface area contributed by atoms with E-state index in [0.717, 1.165) is 24.5 Å². The van der Waals surface area contributed by atoms with Gasteiger partial charge in [0.1, 0.15) is 11.6 Å². The maximum Gasteiger partial charge on any atom is 0.276 e. The van der Waals surface area contributed by atoms with Crippen LogP contribution in [0.15, 0.2) is 53.1 Å². The number of carbonyl (C=O) groups excluding carboxylic acids is 1. The van der Waals surface area contributed by atoms with Crippen LogP contribution in [0.4, 0.5) is 28.8 Å². The number of amides is 1. The molecule has 34 heavy (non-hydrogen) atoms. The molecule has 2 heterocycles. The Morgan fingerprint density at radius 2 is 1.88 bits per heavy atom. The molecule has 1 fully saturated rings. The molecule has 0 spiro atoms. The first-order chi connectivity index (χ1) is 16.6. The molecule has 1 aromatic heterocycles. The first kappa shape index (κ1) is 23.7. The van der Waals surface area contributed by atoms with E-state index in [1.165, 1.54) is 7.11 Å². The number of anilines is 5. The maximum atomic E-state index is 12.3. The predicted octanol–water partition coefficient (Wildman–Crippen LogP) is 3.86. The van der Waals surface area contributed by atoms with Gasteiger partial charge in [0.15, 0.2) is 0 Å². The van der Waals surface area contributed by atoms with Crippen LogP contribution < -0.4 is 25.8 Å². The molecule has 1 aliphatic heterocycles. The van der Waals surface area contributed by atoms with Crippen molar-refractivity contribution in [2.45, 2.75) is 0 Å². The van der Waals surface area contributed by atoms with E-state index in [0.29, 0.717) is 46.5 Å². The highest BCUT2D eigenvalue weighted by Crippen LogP contribution is 2.33. The SMILES string of the molecule is CONC(=O)c1ccccc1Nc1nc(Nc2ccc(N3CCOCC3)cc2OC)ncc1Br. The molecule has 178 valence electrons. The Labute approximate surface area is 205 Å². The Balaban J connectivity index is 1.56. The number of benzene rings is 2. The lowest BCUT2D eigenvalue weighted by Gasteiger charge is -2.29. The van der Waals surface area contributed by atoms with Crippen LogP contribution in [0, 0.1) is 0 Å². The Morgan fingerprint density at radius 1 is 1.09 bits per heavy atom. The van der Waals surface area contributed by atoms with Crippen molar-refractivity contribution in [1.82, 2.24) is 15.4 Å². The number of nitrogens with zero attached hydrogens (tertiary/aromatic N) is 3. The van der Waals surface area contributed by atoms with E-state index >= 15 is 0 Å². The molecule has 10 nitrogen and oxygen atoms in total. The molecule has 4 rings (SSSR count). The number of para-hydroxylation sites is 1. The second kappa shape index (κ2) is 11.1. The van der Waals surface area contributed by atoms with Gasteiger partial charge < -0.3 is 25.0 Å². The molecule has 3 N–H and O–H groups in total. The monoisotopic (exact) mass is 528 g/mol. The van der Waals surface area contributed by atoms with Crippen molar-refractivity contribution in [3.8, 4) is 5.75 Å². The minimum Gasteiger partial charge on any atom is -0.494 e. The van der Waals surface area contributed by atoms with Gasteiger partial charge >= 0.3 is 0 Å². The van der Waals surface area contributed by atoms with Crippen LogP contribution >= 0.6 is 15.9 Å². The molecule has 0 radical (unpaired) electrons. The van der Waals surface area contributed by atoms with Crippen molar-refractivity contribution in [2.24, 2.45) is 0 Å². The average Bonchev–Trinajstić information content (AvgIpc) is 2.87. The third kappa shape index (κ3) is 5.56. The Bertz CT molecular complexity index is 1160. The summed E-state index contributed by atoms with van der Waals surface area (Å²) in [5, 5.41) is 6.40. The molecule has 0 aliphatic carbocycles. The summed E-state index contributed by atoms with van der Waals surface area (Å²) in [6.45, 7) is 3.09. The largest absolute Gasteiger partial charge is 0.494 e. The number of methoxy groups -OCH3 is 1. The summed E-state index contributed by atoms with van der Waals surface area (Å²) in [7, 11) is 3.01. The maximum absolute atomic E-state index is 12.3. The van der Waals surface area contributed by atoms with Crippen molar-refractivity contribution in [2.75, 3.05) is 56.1 Å². The second-order valence-corrected chi connectivity index (χ2v) is 8.16. The minimum absolute atomic E-state index is 0.363. The zero-order valence-corrected chi connectivity index (χ0v) is 20.4. The van der Waals surface area contributed by atoms with Crippen molar-refractivity contribution < 1.29 is 19.1 Å². The summed E-state index contributed by atoms with van der Waals surface area (Å²) >= 11 is 3.47. The normalized spacial score (nSPS) is 13.3. The zero-order chi connectivity index (χ0) is 23.9. The lowest BCUT2D eigenvalue weighted by Crippen LogP contribution is -2.36. The Hall–Kier alpha value is -3.41. The van der Waals surface area contributed by atoms with Crippen molar-refractivity contribution in [3.05, 3.63) is 58.7 Å². The van der Waals surface area contributed by atoms with Gasteiger partial charge in [-0.2, -0.15) is 4.98 Å². The quantitative estimate of drug-likeness (QED) is 0.375. The molecule has 0 unspecified atom stereocenters. The molecule has 1 aliphatic rings. The second-order valence-electron chi connectivity index (χ2n) is 7.31. The number of hydrogen-bond acceptors (Lipinski definition) is 9. The van der Waals surface area contributed by atoms with E-state index in [4.69, 9.17) is 14.3 Å². The highest BCUT2D eigenvalue weighted by Gasteiger charge is 2.16. The van der Waals surface area contributed by atoms with Gasteiger partial charge in [-0.05, 0) is 40.2 Å². The van der Waals surface area contributed by atoms with E-state index in [9.17, 15) is 4.79 Å². The summed E-state index contributed by atoms with van der Waals surface area (Å²) in [6.07, 6.45) is 1.63. The Morgan fingerprint density at radius 3 is 2.65 bits per heavy atom. The number of hydroxylamine groups is 1. The van der Waals surface area contributed by atoms with Gasteiger partial charge in [0.25, 0.3) is 5.91 Å². The zero-order valence-electron chi connectivity index (χ0n) is 18.8. The summed E-state index contributed by atoms with van der Waals surface area (Å²) in [5.74, 6) is 1.15. The summed E-state index contributed by atoms with van der Waals surface area (Å²) < 4.78 is 11.7. The molecule has 1 saturated heterocycles. The van der Waals surface area contributed by atoms with Gasteiger partial charge in [0, 0.05) is 31.0 Å². The van der Waals surface area contributed by atoms with Gasteiger partial charge in [-0.15, -0.1) is 0 Å². The number of ether oxygens (including phenoxy) is 2. The van der Waals surface area contributed by atoms with E-state index in [1.54, 1.807) is 31.5 Å². The molecule has 0 bridgehead atoms. The smallest absolute Gasteiger partial charge is 0.276 e. The van der Waals surface area contributed by atoms with E-state index < -0.39 is 0 Å². The Kier molecular flexibility index (Phi) is 7.78. The summed E-state index contributed by atoms with van der Waals surface area (Å²) in [4.78, 5) is 28.2. The van der Waals surface area contributed by atoms with E-state index in [-0.39, 0.29) is 5.91 Å². The lowest BCUT2D eigenvalue weighted by molar-refractivity contribution is 0.0538. The summed E-state index contributed by atoms with van der Waals surface area (Å²) in [6, 6.07) is 13.0. The third-order valence-corrected chi connectivity index (χ3v) is 5.75. The van der Waals surface area contributed by atoms with Gasteiger partial charge in [-0.1, -0.05) is 12.1 Å².